The van der Waals surface area contributed by atoms with Gasteiger partial charge in [-0.2, -0.15) is 0 Å². The van der Waals surface area contributed by atoms with E-state index < -0.39 is 23.1 Å². The highest BCUT2D eigenvalue weighted by Crippen LogP contribution is 2.40. The van der Waals surface area contributed by atoms with Gasteiger partial charge in [-0.25, -0.2) is 0 Å². The van der Waals surface area contributed by atoms with E-state index in [1.165, 1.54) is 13.3 Å². The zero-order valence-corrected chi connectivity index (χ0v) is 11.3. The summed E-state index contributed by atoms with van der Waals surface area (Å²) in [5, 5.41) is 18.5. The van der Waals surface area contributed by atoms with Crippen LogP contribution in [-0.2, 0) is 14.3 Å². The highest BCUT2D eigenvalue weighted by Gasteiger charge is 2.47. The number of methoxy groups -OCH3 is 1. The normalized spacial score (nSPS) is 22.9. The first kappa shape index (κ1) is 15.4. The summed E-state index contributed by atoms with van der Waals surface area (Å²) in [5.41, 5.74) is -0.689. The van der Waals surface area contributed by atoms with Crippen LogP contribution in [0, 0.1) is 11.3 Å². The van der Waals surface area contributed by atoms with Crippen molar-refractivity contribution in [3.05, 3.63) is 11.3 Å². The van der Waals surface area contributed by atoms with Gasteiger partial charge in [0.25, 0.3) is 0 Å². The fraction of sp³-hybridized carbons (Fsp3) is 0.615. The van der Waals surface area contributed by atoms with Crippen LogP contribution in [0.25, 0.3) is 0 Å². The van der Waals surface area contributed by atoms with Crippen LogP contribution in [-0.4, -0.2) is 48.4 Å². The molecular weight excluding hydrogens is 250 g/mol. The Balaban J connectivity index is 3.12. The first-order chi connectivity index (χ1) is 8.85. The highest BCUT2D eigenvalue weighted by atomic mass is 16.5. The molecule has 6 nitrogen and oxygen atoms in total. The molecule has 0 heterocycles. The lowest BCUT2D eigenvalue weighted by molar-refractivity contribution is -0.154. The van der Waals surface area contributed by atoms with E-state index in [1.807, 2.05) is 0 Å². The first-order valence-corrected chi connectivity index (χ1v) is 6.00. The van der Waals surface area contributed by atoms with Crippen molar-refractivity contribution in [1.29, 1.82) is 0 Å². The molecule has 0 amide bonds. The second-order valence-corrected chi connectivity index (χ2v) is 5.11. The Hall–Kier alpha value is -1.69. The smallest absolute Gasteiger partial charge is 0.317 e. The van der Waals surface area contributed by atoms with Crippen LogP contribution in [0.5, 0.6) is 0 Å². The average molecular weight is 269 g/mol. The van der Waals surface area contributed by atoms with E-state index in [4.69, 9.17) is 5.11 Å². The fourth-order valence-corrected chi connectivity index (χ4v) is 2.18. The number of aliphatic hydroxyl groups is 2. The van der Waals surface area contributed by atoms with E-state index in [2.05, 4.69) is 9.73 Å². The lowest BCUT2D eigenvalue weighted by Crippen LogP contribution is -2.43. The van der Waals surface area contributed by atoms with Gasteiger partial charge in [-0.1, -0.05) is 13.8 Å². The van der Waals surface area contributed by atoms with E-state index in [0.717, 1.165) is 0 Å². The maximum Gasteiger partial charge on any atom is 0.317 e. The van der Waals surface area contributed by atoms with Crippen LogP contribution in [0.3, 0.4) is 0 Å². The van der Waals surface area contributed by atoms with Gasteiger partial charge in [0, 0.05) is 12.6 Å². The molecule has 1 unspecified atom stereocenters. The number of aliphatic imine (C=N–C) groups is 1. The van der Waals surface area contributed by atoms with E-state index in [-0.39, 0.29) is 30.9 Å². The largest absolute Gasteiger partial charge is 0.511 e. The molecule has 0 aliphatic heterocycles. The molecule has 1 aliphatic carbocycles. The summed E-state index contributed by atoms with van der Waals surface area (Å²) >= 11 is 0. The summed E-state index contributed by atoms with van der Waals surface area (Å²) in [6.07, 6.45) is 1.40. The molecule has 106 valence electrons. The van der Waals surface area contributed by atoms with Crippen LogP contribution < -0.4 is 0 Å². The van der Waals surface area contributed by atoms with Crippen LogP contribution >= 0.6 is 0 Å². The predicted octanol–water partition coefficient (Wildman–Crippen LogP) is 0.650. The molecule has 0 aromatic carbocycles. The van der Waals surface area contributed by atoms with Crippen molar-refractivity contribution in [2.45, 2.75) is 20.3 Å². The van der Waals surface area contributed by atoms with Crippen molar-refractivity contribution >= 4 is 18.0 Å². The molecule has 1 rings (SSSR count). The predicted molar refractivity (Wildman–Crippen MR) is 69.0 cm³/mol. The molecule has 0 spiro atoms. The second-order valence-electron chi connectivity index (χ2n) is 5.11. The molecule has 0 aromatic rings. The minimum atomic E-state index is -0.955. The van der Waals surface area contributed by atoms with Crippen molar-refractivity contribution in [3.63, 3.8) is 0 Å². The molecule has 0 aromatic heterocycles. The minimum Gasteiger partial charge on any atom is -0.511 e. The summed E-state index contributed by atoms with van der Waals surface area (Å²) in [6.45, 7) is 3.44. The third kappa shape index (κ3) is 3.20. The SMILES string of the molecule is COC(=O)C1C(=O)C(C=NCCO)=C(O)CC1(C)C. The third-order valence-electron chi connectivity index (χ3n) is 3.13. The van der Waals surface area contributed by atoms with Gasteiger partial charge in [0.2, 0.25) is 0 Å². The van der Waals surface area contributed by atoms with Crippen LogP contribution in [0.4, 0.5) is 0 Å². The molecule has 6 heteroatoms. The van der Waals surface area contributed by atoms with Crippen molar-refractivity contribution in [2.75, 3.05) is 20.3 Å². The number of ketones is 1. The Morgan fingerprint density at radius 2 is 2.21 bits per heavy atom. The monoisotopic (exact) mass is 269 g/mol. The second kappa shape index (κ2) is 5.97. The first-order valence-electron chi connectivity index (χ1n) is 6.00. The summed E-state index contributed by atoms with van der Waals surface area (Å²) in [4.78, 5) is 27.8. The number of nitrogens with zero attached hydrogens (tertiary/aromatic N) is 1. The molecule has 0 fully saturated rings. The summed E-state index contributed by atoms with van der Waals surface area (Å²) in [5.74, 6) is -2.15. The van der Waals surface area contributed by atoms with Gasteiger partial charge in [-0.15, -0.1) is 0 Å². The quantitative estimate of drug-likeness (QED) is 0.444. The van der Waals surface area contributed by atoms with Crippen molar-refractivity contribution in [3.8, 4) is 0 Å². The van der Waals surface area contributed by atoms with E-state index in [1.54, 1.807) is 13.8 Å². The third-order valence-corrected chi connectivity index (χ3v) is 3.13. The number of carbonyl (C=O) groups is 2. The number of hydrogen-bond acceptors (Lipinski definition) is 6. The standard InChI is InChI=1S/C13H19NO5/c1-13(2)6-9(16)8(7-14-4-5-15)11(17)10(13)12(18)19-3/h7,10,15-16H,4-6H2,1-3H3. The lowest BCUT2D eigenvalue weighted by Gasteiger charge is -2.35. The Morgan fingerprint density at radius 1 is 1.58 bits per heavy atom. The number of esters is 1. The van der Waals surface area contributed by atoms with Gasteiger partial charge in [0.15, 0.2) is 5.78 Å². The molecular formula is C13H19NO5. The van der Waals surface area contributed by atoms with Gasteiger partial charge in [0.1, 0.15) is 11.7 Å². The number of allylic oxidation sites excluding steroid dienone is 2. The molecule has 19 heavy (non-hydrogen) atoms. The number of carbonyl (C=O) groups excluding carboxylic acids is 2. The maximum atomic E-state index is 12.3. The van der Waals surface area contributed by atoms with Crippen LogP contribution in [0.15, 0.2) is 16.3 Å². The Morgan fingerprint density at radius 3 is 2.74 bits per heavy atom. The van der Waals surface area contributed by atoms with Crippen molar-refractivity contribution in [2.24, 2.45) is 16.3 Å². The zero-order chi connectivity index (χ0) is 14.6. The van der Waals surface area contributed by atoms with Gasteiger partial charge in [-0.05, 0) is 5.41 Å². The molecule has 0 saturated carbocycles. The zero-order valence-electron chi connectivity index (χ0n) is 11.3. The number of rotatable bonds is 4. The molecule has 0 saturated heterocycles. The molecule has 0 radical (unpaired) electrons. The van der Waals surface area contributed by atoms with E-state index in [0.29, 0.717) is 0 Å². The van der Waals surface area contributed by atoms with Crippen molar-refractivity contribution < 1.29 is 24.5 Å². The number of ether oxygens (including phenoxy) is 1. The molecule has 1 atom stereocenters. The minimum absolute atomic E-state index is 0.0168. The highest BCUT2D eigenvalue weighted by molar-refractivity contribution is 6.20. The molecule has 1 aliphatic rings. The molecule has 0 bridgehead atoms. The summed E-state index contributed by atoms with van der Waals surface area (Å²) in [6, 6.07) is 0. The Labute approximate surface area is 111 Å². The van der Waals surface area contributed by atoms with E-state index >= 15 is 0 Å². The lowest BCUT2D eigenvalue weighted by atomic mass is 9.68. The summed E-state index contributed by atoms with van der Waals surface area (Å²) < 4.78 is 4.66. The maximum absolute atomic E-state index is 12.3. The fourth-order valence-electron chi connectivity index (χ4n) is 2.18. The van der Waals surface area contributed by atoms with Gasteiger partial charge >= 0.3 is 5.97 Å². The number of hydrogen-bond donors (Lipinski definition) is 2. The van der Waals surface area contributed by atoms with Gasteiger partial charge < -0.3 is 14.9 Å². The summed E-state index contributed by atoms with van der Waals surface area (Å²) in [7, 11) is 1.23. The van der Waals surface area contributed by atoms with Crippen LogP contribution in [0.2, 0.25) is 0 Å². The van der Waals surface area contributed by atoms with Crippen molar-refractivity contribution in [1.82, 2.24) is 0 Å². The molecule has 2 N–H and O–H groups in total. The van der Waals surface area contributed by atoms with Gasteiger partial charge in [-0.3, -0.25) is 14.6 Å². The Kier molecular flexibility index (Phi) is 4.83. The van der Waals surface area contributed by atoms with Gasteiger partial charge in [0.05, 0.1) is 25.8 Å². The number of aliphatic hydroxyl groups excluding tert-OH is 2. The van der Waals surface area contributed by atoms with E-state index in [9.17, 15) is 14.7 Å². The number of Topliss-reactive ketones (excluding diaryl/α,β-unsaturated/α-hetero) is 1. The topological polar surface area (TPSA) is 96.2 Å². The van der Waals surface area contributed by atoms with Crippen LogP contribution in [0.1, 0.15) is 20.3 Å². The Bertz CT molecular complexity index is 436. The average Bonchev–Trinajstić information content (AvgIpc) is 2.31.